The van der Waals surface area contributed by atoms with Gasteiger partial charge < -0.3 is 15.4 Å². The van der Waals surface area contributed by atoms with Crippen LogP contribution in [0.2, 0.25) is 0 Å². The summed E-state index contributed by atoms with van der Waals surface area (Å²) in [6.07, 6.45) is 5.66. The Bertz CT molecular complexity index is 966. The van der Waals surface area contributed by atoms with Gasteiger partial charge in [-0.15, -0.1) is 0 Å². The van der Waals surface area contributed by atoms with Crippen LogP contribution in [0.5, 0.6) is 0 Å². The van der Waals surface area contributed by atoms with E-state index in [1.54, 1.807) is 36.4 Å². The van der Waals surface area contributed by atoms with Crippen molar-refractivity contribution >= 4 is 23.2 Å². The van der Waals surface area contributed by atoms with Crippen molar-refractivity contribution in [2.45, 2.75) is 18.9 Å². The van der Waals surface area contributed by atoms with Crippen LogP contribution in [0.1, 0.15) is 23.2 Å². The fourth-order valence-electron chi connectivity index (χ4n) is 2.87. The van der Waals surface area contributed by atoms with Gasteiger partial charge in [0, 0.05) is 17.9 Å². The van der Waals surface area contributed by atoms with Gasteiger partial charge in [0.05, 0.1) is 11.9 Å². The summed E-state index contributed by atoms with van der Waals surface area (Å²) in [7, 11) is 0. The highest BCUT2D eigenvalue weighted by Crippen LogP contribution is 2.17. The number of amides is 2. The molecule has 3 heterocycles. The van der Waals surface area contributed by atoms with Crippen molar-refractivity contribution in [2.75, 3.05) is 17.2 Å². The molecule has 1 saturated heterocycles. The van der Waals surface area contributed by atoms with Crippen molar-refractivity contribution < 1.29 is 14.3 Å². The minimum absolute atomic E-state index is 0.192. The summed E-state index contributed by atoms with van der Waals surface area (Å²) in [5.41, 5.74) is 1.51. The van der Waals surface area contributed by atoms with Crippen LogP contribution < -0.4 is 10.6 Å². The van der Waals surface area contributed by atoms with Crippen molar-refractivity contribution in [1.29, 1.82) is 0 Å². The molecule has 4 rings (SSSR count). The molecule has 1 aliphatic rings. The van der Waals surface area contributed by atoms with Crippen molar-refractivity contribution in [2.24, 2.45) is 0 Å². The average molecular weight is 378 g/mol. The number of nitrogens with one attached hydrogen (secondary N) is 2. The number of ether oxygens (including phenoxy) is 1. The second-order valence-electron chi connectivity index (χ2n) is 6.27. The van der Waals surface area contributed by atoms with Crippen molar-refractivity contribution in [3.8, 4) is 5.82 Å². The number of nitrogens with zero attached hydrogens (tertiary/aromatic N) is 4. The Morgan fingerprint density at radius 3 is 2.79 bits per heavy atom. The van der Waals surface area contributed by atoms with Crippen LogP contribution in [0.3, 0.4) is 0 Å². The third kappa shape index (κ3) is 4.04. The summed E-state index contributed by atoms with van der Waals surface area (Å²) < 4.78 is 6.89. The molecule has 2 amide bonds. The van der Waals surface area contributed by atoms with E-state index in [1.165, 1.54) is 23.5 Å². The normalized spacial score (nSPS) is 15.9. The molecule has 0 bridgehead atoms. The summed E-state index contributed by atoms with van der Waals surface area (Å²) in [4.78, 5) is 32.8. The minimum Gasteiger partial charge on any atom is -0.368 e. The van der Waals surface area contributed by atoms with Gasteiger partial charge in [-0.05, 0) is 43.2 Å². The van der Waals surface area contributed by atoms with Gasteiger partial charge in [-0.25, -0.2) is 14.6 Å². The Morgan fingerprint density at radius 1 is 1.14 bits per heavy atom. The summed E-state index contributed by atoms with van der Waals surface area (Å²) in [6, 6.07) is 10.2. The van der Waals surface area contributed by atoms with Crippen molar-refractivity contribution in [3.63, 3.8) is 0 Å². The SMILES string of the molecule is O=C(Nc1ccc(-n2cncn2)nc1)c1cccc(NC(=O)C2CCCO2)c1. The van der Waals surface area contributed by atoms with E-state index in [4.69, 9.17) is 4.74 Å². The van der Waals surface area contributed by atoms with E-state index in [0.29, 0.717) is 35.8 Å². The molecular formula is C19H18N6O3. The lowest BCUT2D eigenvalue weighted by molar-refractivity contribution is -0.124. The average Bonchev–Trinajstić information content (AvgIpc) is 3.43. The van der Waals surface area contributed by atoms with E-state index in [0.717, 1.165) is 6.42 Å². The first kappa shape index (κ1) is 17.8. The molecule has 9 heteroatoms. The first-order valence-corrected chi connectivity index (χ1v) is 8.84. The van der Waals surface area contributed by atoms with E-state index in [2.05, 4.69) is 25.7 Å². The fraction of sp³-hybridized carbons (Fsp3) is 0.211. The molecule has 142 valence electrons. The molecule has 1 aromatic carbocycles. The number of pyridine rings is 1. The van der Waals surface area contributed by atoms with E-state index < -0.39 is 6.10 Å². The predicted octanol–water partition coefficient (Wildman–Crippen LogP) is 2.03. The fourth-order valence-corrected chi connectivity index (χ4v) is 2.87. The van der Waals surface area contributed by atoms with Gasteiger partial charge in [0.15, 0.2) is 5.82 Å². The number of benzene rings is 1. The van der Waals surface area contributed by atoms with Crippen molar-refractivity contribution in [3.05, 3.63) is 60.8 Å². The molecule has 0 aliphatic carbocycles. The summed E-state index contributed by atoms with van der Waals surface area (Å²) in [5, 5.41) is 9.58. The van der Waals surface area contributed by atoms with Gasteiger partial charge in [0.2, 0.25) is 0 Å². The molecule has 0 radical (unpaired) electrons. The first-order valence-electron chi connectivity index (χ1n) is 8.84. The number of hydrogen-bond donors (Lipinski definition) is 2. The van der Waals surface area contributed by atoms with Crippen LogP contribution in [0.4, 0.5) is 11.4 Å². The zero-order valence-electron chi connectivity index (χ0n) is 14.9. The van der Waals surface area contributed by atoms with Crippen molar-refractivity contribution in [1.82, 2.24) is 19.7 Å². The number of hydrogen-bond acceptors (Lipinski definition) is 6. The predicted molar refractivity (Wildman–Crippen MR) is 101 cm³/mol. The van der Waals surface area contributed by atoms with Crippen LogP contribution in [0.15, 0.2) is 55.2 Å². The first-order chi connectivity index (χ1) is 13.7. The van der Waals surface area contributed by atoms with Crippen LogP contribution in [-0.4, -0.2) is 44.3 Å². The number of rotatable bonds is 5. The van der Waals surface area contributed by atoms with E-state index >= 15 is 0 Å². The standard InChI is InChI=1S/C19H18N6O3/c26-18(24-15-6-7-17(21-10-15)25-12-20-11-22-25)13-3-1-4-14(9-13)23-19(27)16-5-2-8-28-16/h1,3-4,6-7,9-12,16H,2,5,8H2,(H,23,27)(H,24,26). The lowest BCUT2D eigenvalue weighted by Crippen LogP contribution is -2.27. The van der Waals surface area contributed by atoms with Gasteiger partial charge in [0.1, 0.15) is 18.8 Å². The Hall–Kier alpha value is -3.59. The Kier molecular flexibility index (Phi) is 5.07. The highest BCUT2D eigenvalue weighted by molar-refractivity contribution is 6.05. The zero-order chi connectivity index (χ0) is 19.3. The quantitative estimate of drug-likeness (QED) is 0.703. The Labute approximate surface area is 160 Å². The largest absolute Gasteiger partial charge is 0.368 e. The van der Waals surface area contributed by atoms with Crippen LogP contribution in [-0.2, 0) is 9.53 Å². The molecule has 1 atom stereocenters. The van der Waals surface area contributed by atoms with Gasteiger partial charge in [-0.3, -0.25) is 9.59 Å². The second kappa shape index (κ2) is 7.97. The van der Waals surface area contributed by atoms with E-state index in [-0.39, 0.29) is 11.8 Å². The number of carbonyl (C=O) groups is 2. The summed E-state index contributed by atoms with van der Waals surface area (Å²) in [5.74, 6) is 0.0980. The molecular weight excluding hydrogens is 360 g/mol. The molecule has 2 aromatic heterocycles. The molecule has 2 N–H and O–H groups in total. The maximum absolute atomic E-state index is 12.5. The lowest BCUT2D eigenvalue weighted by atomic mass is 10.1. The van der Waals surface area contributed by atoms with Gasteiger partial charge in [-0.2, -0.15) is 5.10 Å². The van der Waals surface area contributed by atoms with Gasteiger partial charge in [-0.1, -0.05) is 6.07 Å². The van der Waals surface area contributed by atoms with Crippen LogP contribution >= 0.6 is 0 Å². The topological polar surface area (TPSA) is 111 Å². The third-order valence-electron chi connectivity index (χ3n) is 4.27. The maximum atomic E-state index is 12.5. The molecule has 3 aromatic rings. The second-order valence-corrected chi connectivity index (χ2v) is 6.27. The van der Waals surface area contributed by atoms with Crippen LogP contribution in [0.25, 0.3) is 5.82 Å². The van der Waals surface area contributed by atoms with Crippen LogP contribution in [0, 0.1) is 0 Å². The Morgan fingerprint density at radius 2 is 2.07 bits per heavy atom. The number of anilines is 2. The molecule has 0 saturated carbocycles. The molecule has 1 fully saturated rings. The Balaban J connectivity index is 1.41. The number of carbonyl (C=O) groups excluding carboxylic acids is 2. The maximum Gasteiger partial charge on any atom is 0.255 e. The molecule has 1 aliphatic heterocycles. The third-order valence-corrected chi connectivity index (χ3v) is 4.27. The lowest BCUT2D eigenvalue weighted by Gasteiger charge is -2.11. The smallest absolute Gasteiger partial charge is 0.255 e. The number of aromatic nitrogens is 4. The van der Waals surface area contributed by atoms with Gasteiger partial charge in [0.25, 0.3) is 11.8 Å². The van der Waals surface area contributed by atoms with E-state index in [1.807, 2.05) is 0 Å². The molecule has 28 heavy (non-hydrogen) atoms. The minimum atomic E-state index is -0.424. The molecule has 9 nitrogen and oxygen atoms in total. The van der Waals surface area contributed by atoms with Gasteiger partial charge >= 0.3 is 0 Å². The molecule has 1 unspecified atom stereocenters. The summed E-state index contributed by atoms with van der Waals surface area (Å²) in [6.45, 7) is 0.601. The summed E-state index contributed by atoms with van der Waals surface area (Å²) >= 11 is 0. The highest BCUT2D eigenvalue weighted by Gasteiger charge is 2.23. The highest BCUT2D eigenvalue weighted by atomic mass is 16.5. The molecule has 0 spiro atoms. The zero-order valence-corrected chi connectivity index (χ0v) is 14.9. The monoisotopic (exact) mass is 378 g/mol. The van der Waals surface area contributed by atoms with E-state index in [9.17, 15) is 9.59 Å².